The summed E-state index contributed by atoms with van der Waals surface area (Å²) in [5, 5.41) is 0. The monoisotopic (exact) mass is 391 g/mol. The van der Waals surface area contributed by atoms with Crippen LogP contribution >= 0.6 is 22.6 Å². The molecule has 0 aromatic heterocycles. The number of benzene rings is 2. The van der Waals surface area contributed by atoms with Crippen LogP contribution in [0.25, 0.3) is 0 Å². The van der Waals surface area contributed by atoms with Gasteiger partial charge in [-0.2, -0.15) is 0 Å². The molecule has 2 aromatic carbocycles. The zero-order chi connectivity index (χ0) is 14.0. The number of sulfonamides is 1. The molecule has 0 aliphatic rings. The van der Waals surface area contributed by atoms with Gasteiger partial charge in [0, 0.05) is 10.6 Å². The lowest BCUT2D eigenvalue weighted by Gasteiger charge is -2.19. The third-order valence-corrected chi connectivity index (χ3v) is 5.18. The fraction of sp³-hybridized carbons (Fsp3) is 0.0769. The van der Waals surface area contributed by atoms with Crippen LogP contribution in [0.15, 0.2) is 53.4 Å². The average Bonchev–Trinajstić information content (AvgIpc) is 2.39. The standard InChI is InChI=1S/C13H11FINO2S/c1-16(12-6-4-11(15)5-7-12)19(17,18)13-8-2-10(14)3-9-13/h2-9H,1H3. The molecule has 6 heteroatoms. The Kier molecular flexibility index (Phi) is 4.10. The average molecular weight is 391 g/mol. The summed E-state index contributed by atoms with van der Waals surface area (Å²) in [5.41, 5.74) is 0.560. The molecule has 100 valence electrons. The van der Waals surface area contributed by atoms with Gasteiger partial charge < -0.3 is 0 Å². The van der Waals surface area contributed by atoms with Gasteiger partial charge in [0.1, 0.15) is 5.82 Å². The second-order valence-electron chi connectivity index (χ2n) is 3.90. The van der Waals surface area contributed by atoms with Crippen LogP contribution in [0, 0.1) is 9.39 Å². The van der Waals surface area contributed by atoms with Crippen molar-refractivity contribution in [2.75, 3.05) is 11.4 Å². The first-order chi connectivity index (χ1) is 8.91. The van der Waals surface area contributed by atoms with Crippen molar-refractivity contribution in [1.29, 1.82) is 0 Å². The van der Waals surface area contributed by atoms with Crippen LogP contribution in [0.2, 0.25) is 0 Å². The minimum absolute atomic E-state index is 0.0648. The maximum Gasteiger partial charge on any atom is 0.264 e. The summed E-state index contributed by atoms with van der Waals surface area (Å²) in [5.74, 6) is -0.462. The van der Waals surface area contributed by atoms with Crippen LogP contribution in [0.1, 0.15) is 0 Å². The molecule has 0 unspecified atom stereocenters. The van der Waals surface area contributed by atoms with Crippen LogP contribution in [0.4, 0.5) is 10.1 Å². The smallest absolute Gasteiger partial charge is 0.264 e. The van der Waals surface area contributed by atoms with Gasteiger partial charge in [0.2, 0.25) is 0 Å². The van der Waals surface area contributed by atoms with Gasteiger partial charge in [-0.3, -0.25) is 4.31 Å². The van der Waals surface area contributed by atoms with Crippen molar-refractivity contribution in [2.45, 2.75) is 4.90 Å². The van der Waals surface area contributed by atoms with Crippen molar-refractivity contribution in [3.63, 3.8) is 0 Å². The molecule has 0 spiro atoms. The molecule has 0 aliphatic heterocycles. The Labute approximate surface area is 125 Å². The third kappa shape index (κ3) is 3.06. The number of anilines is 1. The van der Waals surface area contributed by atoms with Gasteiger partial charge in [0.05, 0.1) is 10.6 Å². The van der Waals surface area contributed by atoms with Crippen molar-refractivity contribution in [3.8, 4) is 0 Å². The van der Waals surface area contributed by atoms with E-state index in [4.69, 9.17) is 0 Å². The molecule has 0 saturated heterocycles. The highest BCUT2D eigenvalue weighted by molar-refractivity contribution is 14.1. The molecule has 0 atom stereocenters. The highest BCUT2D eigenvalue weighted by Crippen LogP contribution is 2.22. The molecule has 0 heterocycles. The summed E-state index contributed by atoms with van der Waals surface area (Å²) >= 11 is 2.15. The lowest BCUT2D eigenvalue weighted by Crippen LogP contribution is -2.26. The van der Waals surface area contributed by atoms with Crippen molar-refractivity contribution in [1.82, 2.24) is 0 Å². The zero-order valence-corrected chi connectivity index (χ0v) is 13.0. The van der Waals surface area contributed by atoms with Crippen LogP contribution < -0.4 is 4.31 Å². The van der Waals surface area contributed by atoms with Crippen molar-refractivity contribution in [3.05, 3.63) is 57.9 Å². The first-order valence-corrected chi connectivity index (χ1v) is 7.93. The van der Waals surface area contributed by atoms with Crippen molar-refractivity contribution < 1.29 is 12.8 Å². The fourth-order valence-electron chi connectivity index (χ4n) is 1.55. The summed E-state index contributed by atoms with van der Waals surface area (Å²) in [6.45, 7) is 0. The number of rotatable bonds is 3. The van der Waals surface area contributed by atoms with Crippen LogP contribution in [0.3, 0.4) is 0 Å². The van der Waals surface area contributed by atoms with Gasteiger partial charge in [0.25, 0.3) is 10.0 Å². The van der Waals surface area contributed by atoms with E-state index in [1.807, 2.05) is 12.1 Å². The van der Waals surface area contributed by atoms with E-state index in [1.165, 1.54) is 23.5 Å². The molecular weight excluding hydrogens is 380 g/mol. The summed E-state index contributed by atoms with van der Waals surface area (Å²) in [6.07, 6.45) is 0. The maximum absolute atomic E-state index is 12.8. The Morgan fingerprint density at radius 2 is 1.53 bits per heavy atom. The van der Waals surface area contributed by atoms with Crippen LogP contribution in [0.5, 0.6) is 0 Å². The second-order valence-corrected chi connectivity index (χ2v) is 7.12. The Morgan fingerprint density at radius 1 is 1.00 bits per heavy atom. The van der Waals surface area contributed by atoms with E-state index in [-0.39, 0.29) is 4.90 Å². The van der Waals surface area contributed by atoms with Crippen LogP contribution in [-0.2, 0) is 10.0 Å². The zero-order valence-electron chi connectivity index (χ0n) is 10.0. The van der Waals surface area contributed by atoms with Crippen molar-refractivity contribution in [2.24, 2.45) is 0 Å². The summed E-state index contributed by atoms with van der Waals surface area (Å²) in [4.78, 5) is 0.0648. The first kappa shape index (κ1) is 14.3. The Hall–Kier alpha value is -1.15. The first-order valence-electron chi connectivity index (χ1n) is 5.41. The summed E-state index contributed by atoms with van der Waals surface area (Å²) < 4.78 is 39.7. The minimum Gasteiger partial charge on any atom is -0.269 e. The second kappa shape index (κ2) is 5.46. The van der Waals surface area contributed by atoms with Gasteiger partial charge >= 0.3 is 0 Å². The van der Waals surface area contributed by atoms with E-state index in [9.17, 15) is 12.8 Å². The quantitative estimate of drug-likeness (QED) is 0.754. The summed E-state index contributed by atoms with van der Waals surface area (Å²) in [6, 6.07) is 11.9. The normalized spacial score (nSPS) is 11.3. The molecule has 0 amide bonds. The number of nitrogens with zero attached hydrogens (tertiary/aromatic N) is 1. The number of hydrogen-bond acceptors (Lipinski definition) is 2. The van der Waals surface area contributed by atoms with Gasteiger partial charge in [-0.05, 0) is 71.1 Å². The predicted molar refractivity (Wildman–Crippen MR) is 81.1 cm³/mol. The molecular formula is C13H11FINO2S. The molecule has 19 heavy (non-hydrogen) atoms. The highest BCUT2D eigenvalue weighted by atomic mass is 127. The lowest BCUT2D eigenvalue weighted by atomic mass is 10.3. The van der Waals surface area contributed by atoms with E-state index in [1.54, 1.807) is 12.1 Å². The SMILES string of the molecule is CN(c1ccc(I)cc1)S(=O)(=O)c1ccc(F)cc1. The Balaban J connectivity index is 2.39. The number of hydrogen-bond donors (Lipinski definition) is 0. The predicted octanol–water partition coefficient (Wildman–Crippen LogP) is 3.26. The Bertz CT molecular complexity index is 669. The van der Waals surface area contributed by atoms with E-state index in [0.29, 0.717) is 5.69 Å². The van der Waals surface area contributed by atoms with E-state index in [0.717, 1.165) is 15.7 Å². The molecule has 2 aromatic rings. The van der Waals surface area contributed by atoms with Gasteiger partial charge in [-0.1, -0.05) is 0 Å². The maximum atomic E-state index is 12.8. The van der Waals surface area contributed by atoms with Gasteiger partial charge in [0.15, 0.2) is 0 Å². The molecule has 2 rings (SSSR count). The molecule has 0 saturated carbocycles. The number of halogens is 2. The fourth-order valence-corrected chi connectivity index (χ4v) is 3.11. The molecule has 3 nitrogen and oxygen atoms in total. The molecule has 0 radical (unpaired) electrons. The van der Waals surface area contributed by atoms with E-state index < -0.39 is 15.8 Å². The van der Waals surface area contributed by atoms with E-state index in [2.05, 4.69) is 22.6 Å². The molecule has 0 aliphatic carbocycles. The minimum atomic E-state index is -3.66. The molecule has 0 bridgehead atoms. The topological polar surface area (TPSA) is 37.4 Å². The largest absolute Gasteiger partial charge is 0.269 e. The molecule has 0 N–H and O–H groups in total. The highest BCUT2D eigenvalue weighted by Gasteiger charge is 2.20. The third-order valence-electron chi connectivity index (χ3n) is 2.66. The van der Waals surface area contributed by atoms with Crippen molar-refractivity contribution >= 4 is 38.3 Å². The van der Waals surface area contributed by atoms with Gasteiger partial charge in [-0.15, -0.1) is 0 Å². The van der Waals surface area contributed by atoms with E-state index >= 15 is 0 Å². The summed E-state index contributed by atoms with van der Waals surface area (Å²) in [7, 11) is -2.18. The van der Waals surface area contributed by atoms with Crippen LogP contribution in [-0.4, -0.2) is 15.5 Å². The van der Waals surface area contributed by atoms with Gasteiger partial charge in [-0.25, -0.2) is 12.8 Å². The lowest BCUT2D eigenvalue weighted by molar-refractivity contribution is 0.593. The Morgan fingerprint density at radius 3 is 2.05 bits per heavy atom. The molecule has 0 fully saturated rings.